The molecule has 0 saturated carbocycles. The van der Waals surface area contributed by atoms with Crippen LogP contribution in [0.2, 0.25) is 10.0 Å². The van der Waals surface area contributed by atoms with Gasteiger partial charge in [0, 0.05) is 12.6 Å². The topological polar surface area (TPSA) is 121 Å². The minimum Gasteiger partial charge on any atom is -0.481 e. The number of nitrogens with zero attached hydrogens (tertiary/aromatic N) is 2. The summed E-state index contributed by atoms with van der Waals surface area (Å²) in [4.78, 5) is 43.7. The third-order valence-electron chi connectivity index (χ3n) is 3.41. The Morgan fingerprint density at radius 2 is 2.10 bits per heavy atom. The molecule has 0 bridgehead atoms. The highest BCUT2D eigenvalue weighted by atomic mass is 35.5. The van der Waals surface area contributed by atoms with Crippen LogP contribution in [0.3, 0.4) is 0 Å². The lowest BCUT2D eigenvalue weighted by atomic mass is 10.3. The van der Waals surface area contributed by atoms with Crippen molar-refractivity contribution in [1.82, 2.24) is 10.3 Å². The molecule has 3 N–H and O–H groups in total. The Balaban J connectivity index is 1.68. The molecule has 150 valence electrons. The molecular weight excluding hydrogens is 459 g/mol. The number of carbonyl (C=O) groups excluding carboxylic acids is 2. The highest BCUT2D eigenvalue weighted by molar-refractivity contribution is 8.18. The normalized spacial score (nSPS) is 16.3. The standard InChI is InChI=1S/C17H12Cl2N4O4S2/c18-9-2-1-3-10(14(9)19)21-17-23-15(27)11(29-17)6-8-7-20-16(28-8)22-12(24)4-5-13(25)26/h1-3,6-7H,4-5H2,(H,25,26)(H,20,22,24)(H,21,23,27)/b11-6-. The molecule has 29 heavy (non-hydrogen) atoms. The highest BCUT2D eigenvalue weighted by Crippen LogP contribution is 2.35. The van der Waals surface area contributed by atoms with Crippen LogP contribution in [0.15, 0.2) is 34.3 Å². The van der Waals surface area contributed by atoms with Crippen LogP contribution in [0.1, 0.15) is 17.7 Å². The average molecular weight is 471 g/mol. The molecule has 3 rings (SSSR count). The van der Waals surface area contributed by atoms with Gasteiger partial charge in [-0.3, -0.25) is 14.4 Å². The first kappa shape index (κ1) is 21.3. The summed E-state index contributed by atoms with van der Waals surface area (Å²) in [5.41, 5.74) is 0.437. The van der Waals surface area contributed by atoms with Gasteiger partial charge in [-0.15, -0.1) is 0 Å². The van der Waals surface area contributed by atoms with Crippen LogP contribution in [0.4, 0.5) is 10.8 Å². The van der Waals surface area contributed by atoms with Gasteiger partial charge in [0.1, 0.15) is 0 Å². The van der Waals surface area contributed by atoms with Crippen molar-refractivity contribution in [2.24, 2.45) is 4.99 Å². The van der Waals surface area contributed by atoms with Gasteiger partial charge >= 0.3 is 5.97 Å². The molecule has 0 aliphatic carbocycles. The zero-order valence-electron chi connectivity index (χ0n) is 14.4. The summed E-state index contributed by atoms with van der Waals surface area (Å²) in [5, 5.41) is 15.1. The number of rotatable bonds is 6. The molecule has 2 aromatic rings. The molecule has 1 aliphatic heterocycles. The van der Waals surface area contributed by atoms with Crippen LogP contribution >= 0.6 is 46.3 Å². The summed E-state index contributed by atoms with van der Waals surface area (Å²) >= 11 is 14.4. The second kappa shape index (κ2) is 9.40. The highest BCUT2D eigenvalue weighted by Gasteiger charge is 2.24. The van der Waals surface area contributed by atoms with E-state index in [1.807, 2.05) is 0 Å². The number of halogens is 2. The maximum Gasteiger partial charge on any atom is 0.303 e. The lowest BCUT2D eigenvalue weighted by Crippen LogP contribution is -2.19. The first-order valence-corrected chi connectivity index (χ1v) is 10.4. The molecule has 12 heteroatoms. The number of amides is 2. The SMILES string of the molecule is O=C(O)CCC(=O)Nc1ncc(/C=C2\SC(=Nc3cccc(Cl)c3Cl)NC2=O)s1. The number of benzene rings is 1. The van der Waals surface area contributed by atoms with Crippen LogP contribution in [0.5, 0.6) is 0 Å². The van der Waals surface area contributed by atoms with E-state index in [1.165, 1.54) is 6.20 Å². The van der Waals surface area contributed by atoms with E-state index in [2.05, 4.69) is 20.6 Å². The van der Waals surface area contributed by atoms with Crippen LogP contribution in [0, 0.1) is 0 Å². The van der Waals surface area contributed by atoms with Gasteiger partial charge in [-0.2, -0.15) is 0 Å². The Labute approximate surface area is 183 Å². The molecule has 1 saturated heterocycles. The smallest absolute Gasteiger partial charge is 0.303 e. The van der Waals surface area contributed by atoms with E-state index >= 15 is 0 Å². The van der Waals surface area contributed by atoms with Gasteiger partial charge in [-0.25, -0.2) is 9.98 Å². The average Bonchev–Trinajstić information content (AvgIpc) is 3.24. The number of carbonyl (C=O) groups is 3. The van der Waals surface area contributed by atoms with E-state index in [1.54, 1.807) is 24.3 Å². The Hall–Kier alpha value is -2.40. The fourth-order valence-electron chi connectivity index (χ4n) is 2.11. The van der Waals surface area contributed by atoms with E-state index in [0.29, 0.717) is 35.8 Å². The number of anilines is 1. The van der Waals surface area contributed by atoms with Gasteiger partial charge in [0.05, 0.1) is 31.9 Å². The van der Waals surface area contributed by atoms with Crippen molar-refractivity contribution in [3.8, 4) is 0 Å². The fourth-order valence-corrected chi connectivity index (χ4v) is 4.12. The third kappa shape index (κ3) is 5.80. The first-order chi connectivity index (χ1) is 13.8. The van der Waals surface area contributed by atoms with Crippen LogP contribution in [-0.2, 0) is 14.4 Å². The maximum atomic E-state index is 12.2. The van der Waals surface area contributed by atoms with Gasteiger partial charge in [-0.05, 0) is 30.0 Å². The van der Waals surface area contributed by atoms with Crippen molar-refractivity contribution >= 4 is 86.1 Å². The lowest BCUT2D eigenvalue weighted by molar-refractivity contribution is -0.138. The number of amidine groups is 1. The number of aliphatic imine (C=N–C) groups is 1. The number of thioether (sulfide) groups is 1. The Morgan fingerprint density at radius 3 is 2.86 bits per heavy atom. The molecule has 1 aromatic heterocycles. The Bertz CT molecular complexity index is 1050. The molecule has 2 amide bonds. The van der Waals surface area contributed by atoms with Crippen molar-refractivity contribution in [2.45, 2.75) is 12.8 Å². The van der Waals surface area contributed by atoms with Crippen molar-refractivity contribution in [3.05, 3.63) is 44.2 Å². The van der Waals surface area contributed by atoms with Crippen molar-refractivity contribution < 1.29 is 19.5 Å². The molecule has 0 unspecified atom stereocenters. The minimum absolute atomic E-state index is 0.143. The number of nitrogens with one attached hydrogen (secondary N) is 2. The molecule has 1 fully saturated rings. The number of hydrogen-bond donors (Lipinski definition) is 3. The zero-order chi connectivity index (χ0) is 21.0. The predicted octanol–water partition coefficient (Wildman–Crippen LogP) is 4.14. The first-order valence-electron chi connectivity index (χ1n) is 8.03. The second-order valence-corrected chi connectivity index (χ2v) is 8.44. The quantitative estimate of drug-likeness (QED) is 0.545. The van der Waals surface area contributed by atoms with Gasteiger partial charge in [0.15, 0.2) is 10.3 Å². The van der Waals surface area contributed by atoms with E-state index in [0.717, 1.165) is 23.1 Å². The zero-order valence-corrected chi connectivity index (χ0v) is 17.6. The molecular formula is C17H12Cl2N4O4S2. The van der Waals surface area contributed by atoms with Gasteiger partial charge in [0.2, 0.25) is 5.91 Å². The summed E-state index contributed by atoms with van der Waals surface area (Å²) in [6.45, 7) is 0. The number of aromatic nitrogens is 1. The summed E-state index contributed by atoms with van der Waals surface area (Å²) in [6, 6.07) is 5.02. The fraction of sp³-hybridized carbons (Fsp3) is 0.118. The van der Waals surface area contributed by atoms with E-state index in [9.17, 15) is 14.4 Å². The molecule has 0 atom stereocenters. The Morgan fingerprint density at radius 1 is 1.31 bits per heavy atom. The molecule has 1 aromatic carbocycles. The monoisotopic (exact) mass is 470 g/mol. The second-order valence-electron chi connectivity index (χ2n) is 5.56. The number of aliphatic carboxylic acids is 1. The van der Waals surface area contributed by atoms with Crippen LogP contribution in [0.25, 0.3) is 6.08 Å². The van der Waals surface area contributed by atoms with Gasteiger partial charge < -0.3 is 15.7 Å². The summed E-state index contributed by atoms with van der Waals surface area (Å²) in [5.74, 6) is -1.82. The third-order valence-corrected chi connectivity index (χ3v) is 5.99. The number of thiazole rings is 1. The largest absolute Gasteiger partial charge is 0.481 e. The number of carboxylic acid groups (broad SMARTS) is 1. The summed E-state index contributed by atoms with van der Waals surface area (Å²) < 4.78 is 0. The van der Waals surface area contributed by atoms with Gasteiger partial charge in [-0.1, -0.05) is 40.6 Å². The van der Waals surface area contributed by atoms with E-state index in [4.69, 9.17) is 28.3 Å². The van der Waals surface area contributed by atoms with Crippen molar-refractivity contribution in [1.29, 1.82) is 0 Å². The lowest BCUT2D eigenvalue weighted by Gasteiger charge is -2.00. The van der Waals surface area contributed by atoms with Crippen molar-refractivity contribution in [2.75, 3.05) is 5.32 Å². The van der Waals surface area contributed by atoms with Crippen LogP contribution in [-0.4, -0.2) is 33.0 Å². The predicted molar refractivity (Wildman–Crippen MR) is 115 cm³/mol. The van der Waals surface area contributed by atoms with Crippen molar-refractivity contribution in [3.63, 3.8) is 0 Å². The van der Waals surface area contributed by atoms with Crippen LogP contribution < -0.4 is 10.6 Å². The Kier molecular flexibility index (Phi) is 6.91. The summed E-state index contributed by atoms with van der Waals surface area (Å²) in [6.07, 6.45) is 2.72. The summed E-state index contributed by atoms with van der Waals surface area (Å²) in [7, 11) is 0. The molecule has 0 spiro atoms. The number of carboxylic acids is 1. The number of hydrogen-bond acceptors (Lipinski definition) is 7. The van der Waals surface area contributed by atoms with E-state index < -0.39 is 11.9 Å². The maximum absolute atomic E-state index is 12.2. The minimum atomic E-state index is -1.05. The molecule has 0 radical (unpaired) electrons. The molecule has 2 heterocycles. The van der Waals surface area contributed by atoms with Gasteiger partial charge in [0.25, 0.3) is 5.91 Å². The molecule has 1 aliphatic rings. The molecule has 8 nitrogen and oxygen atoms in total. The van der Waals surface area contributed by atoms with E-state index in [-0.39, 0.29) is 18.7 Å².